The molecule has 0 bridgehead atoms. The molecular weight excluding hydrogens is 322 g/mol. The quantitative estimate of drug-likeness (QED) is 0.400. The van der Waals surface area contributed by atoms with Crippen LogP contribution in [0.25, 0.3) is 0 Å². The van der Waals surface area contributed by atoms with Crippen molar-refractivity contribution in [2.24, 2.45) is 0 Å². The number of rotatable bonds is 16. The fourth-order valence-corrected chi connectivity index (χ4v) is 2.85. The molecule has 0 amide bonds. The Morgan fingerprint density at radius 2 is 0.762 bits per heavy atom. The van der Waals surface area contributed by atoms with Crippen molar-refractivity contribution in [2.45, 2.75) is 103 Å². The lowest BCUT2D eigenvalue weighted by Crippen LogP contribution is -3.05. The third-order valence-corrected chi connectivity index (χ3v) is 4.28. The summed E-state index contributed by atoms with van der Waals surface area (Å²) in [6, 6.07) is 0. The number of unbranched alkanes of at least 4 members (excludes halogenated alkanes) is 14. The molecule has 0 heterocycles. The summed E-state index contributed by atoms with van der Waals surface area (Å²) in [7, 11) is 4.51. The normalized spacial score (nSPS) is 10.9. The van der Waals surface area contributed by atoms with Crippen LogP contribution in [0.15, 0.2) is 0 Å². The molecule has 0 saturated heterocycles. The van der Waals surface area contributed by atoms with Crippen LogP contribution in [0.5, 0.6) is 0 Å². The highest BCUT2D eigenvalue weighted by Crippen LogP contribution is 2.13. The molecule has 0 spiro atoms. The molecule has 0 aromatic rings. The van der Waals surface area contributed by atoms with Crippen molar-refractivity contribution in [1.29, 1.82) is 0 Å². The van der Waals surface area contributed by atoms with E-state index in [1.807, 2.05) is 0 Å². The number of nitrogens with one attached hydrogen (secondary N) is 1. The molecule has 1 N–H and O–H groups in total. The average Bonchev–Trinajstić information content (AvgIpc) is 2.43. The highest BCUT2D eigenvalue weighted by molar-refractivity contribution is 4.49. The first-order valence-corrected chi connectivity index (χ1v) is 9.56. The van der Waals surface area contributed by atoms with Gasteiger partial charge in [0, 0.05) is 0 Å². The van der Waals surface area contributed by atoms with Gasteiger partial charge in [0.2, 0.25) is 0 Å². The summed E-state index contributed by atoms with van der Waals surface area (Å²) in [6.45, 7) is 3.64. The number of quaternary nitrogens is 1. The number of hydrogen-bond acceptors (Lipinski definition) is 0. The van der Waals surface area contributed by atoms with Crippen LogP contribution in [0.4, 0.5) is 0 Å². The van der Waals surface area contributed by atoms with Crippen LogP contribution in [0.1, 0.15) is 103 Å². The van der Waals surface area contributed by atoms with Crippen molar-refractivity contribution in [2.75, 3.05) is 20.6 Å². The van der Waals surface area contributed by atoms with E-state index in [-0.39, 0.29) is 17.0 Å². The van der Waals surface area contributed by atoms with Crippen molar-refractivity contribution < 1.29 is 21.9 Å². The summed E-state index contributed by atoms with van der Waals surface area (Å²) in [5.41, 5.74) is 0. The highest BCUT2D eigenvalue weighted by Gasteiger charge is 1.95. The molecular formula is C19H42BrN. The summed E-state index contributed by atoms with van der Waals surface area (Å²) >= 11 is 0. The van der Waals surface area contributed by atoms with Crippen LogP contribution in [0.2, 0.25) is 0 Å². The summed E-state index contributed by atoms with van der Waals surface area (Å²) in [6.07, 6.45) is 21.9. The SMILES string of the molecule is CCCCCCCCCCCCCCCCC[NH+](C)C.[Br-]. The highest BCUT2D eigenvalue weighted by atomic mass is 79.9. The first-order chi connectivity index (χ1) is 9.77. The summed E-state index contributed by atoms with van der Waals surface area (Å²) in [5, 5.41) is 0. The maximum atomic E-state index is 2.29. The van der Waals surface area contributed by atoms with Gasteiger partial charge in [0.25, 0.3) is 0 Å². The minimum atomic E-state index is 0. The van der Waals surface area contributed by atoms with E-state index in [0.29, 0.717) is 0 Å². The lowest BCUT2D eigenvalue weighted by molar-refractivity contribution is -0.858. The molecule has 130 valence electrons. The smallest absolute Gasteiger partial charge is 0.0766 e. The Balaban J connectivity index is 0. The standard InChI is InChI=1S/C19H41N.BrH/c1-4-5-6-7-8-9-10-11-12-13-14-15-16-17-18-19-20(2)3;/h4-19H2,1-3H3;1H. The van der Waals surface area contributed by atoms with Gasteiger partial charge in [0.1, 0.15) is 0 Å². The van der Waals surface area contributed by atoms with Crippen molar-refractivity contribution in [3.05, 3.63) is 0 Å². The monoisotopic (exact) mass is 363 g/mol. The maximum absolute atomic E-state index is 2.29. The molecule has 0 aromatic carbocycles. The van der Waals surface area contributed by atoms with Crippen LogP contribution in [-0.2, 0) is 0 Å². The molecule has 0 aliphatic carbocycles. The summed E-state index contributed by atoms with van der Waals surface area (Å²) < 4.78 is 0. The summed E-state index contributed by atoms with van der Waals surface area (Å²) in [4.78, 5) is 1.60. The fourth-order valence-electron chi connectivity index (χ4n) is 2.85. The molecule has 0 rings (SSSR count). The van der Waals surface area contributed by atoms with E-state index in [9.17, 15) is 0 Å². The third-order valence-electron chi connectivity index (χ3n) is 4.28. The van der Waals surface area contributed by atoms with Gasteiger partial charge in [0.15, 0.2) is 0 Å². The van der Waals surface area contributed by atoms with E-state index in [1.54, 1.807) is 4.90 Å². The largest absolute Gasteiger partial charge is 1.00 e. The van der Waals surface area contributed by atoms with Crippen LogP contribution in [0.3, 0.4) is 0 Å². The summed E-state index contributed by atoms with van der Waals surface area (Å²) in [5.74, 6) is 0. The minimum Gasteiger partial charge on any atom is -1.00 e. The molecule has 21 heavy (non-hydrogen) atoms. The molecule has 0 aliphatic rings. The van der Waals surface area contributed by atoms with Crippen LogP contribution in [-0.4, -0.2) is 20.6 Å². The zero-order chi connectivity index (χ0) is 14.9. The molecule has 0 atom stereocenters. The second kappa shape index (κ2) is 20.4. The van der Waals surface area contributed by atoms with E-state index < -0.39 is 0 Å². The second-order valence-electron chi connectivity index (χ2n) is 6.91. The lowest BCUT2D eigenvalue weighted by atomic mass is 10.0. The Morgan fingerprint density at radius 3 is 1.05 bits per heavy atom. The van der Waals surface area contributed by atoms with Gasteiger partial charge in [-0.15, -0.1) is 0 Å². The molecule has 0 aromatic heterocycles. The predicted molar refractivity (Wildman–Crippen MR) is 92.6 cm³/mol. The van der Waals surface area contributed by atoms with E-state index in [4.69, 9.17) is 0 Å². The van der Waals surface area contributed by atoms with Gasteiger partial charge >= 0.3 is 0 Å². The van der Waals surface area contributed by atoms with Gasteiger partial charge in [-0.3, -0.25) is 0 Å². The molecule has 0 saturated carbocycles. The Hall–Kier alpha value is 0.440. The van der Waals surface area contributed by atoms with E-state index in [2.05, 4.69) is 21.0 Å². The van der Waals surface area contributed by atoms with Gasteiger partial charge in [-0.2, -0.15) is 0 Å². The van der Waals surface area contributed by atoms with Crippen molar-refractivity contribution in [3.8, 4) is 0 Å². The van der Waals surface area contributed by atoms with Gasteiger partial charge in [-0.25, -0.2) is 0 Å². The van der Waals surface area contributed by atoms with Crippen LogP contribution in [0, 0.1) is 0 Å². The second-order valence-corrected chi connectivity index (χ2v) is 6.91. The third kappa shape index (κ3) is 22.9. The number of hydrogen-bond donors (Lipinski definition) is 1. The molecule has 1 nitrogen and oxygen atoms in total. The van der Waals surface area contributed by atoms with E-state index in [1.165, 1.54) is 103 Å². The van der Waals surface area contributed by atoms with E-state index >= 15 is 0 Å². The number of halogens is 1. The van der Waals surface area contributed by atoms with Gasteiger partial charge in [0.05, 0.1) is 20.6 Å². The topological polar surface area (TPSA) is 4.44 Å². The lowest BCUT2D eigenvalue weighted by Gasteiger charge is -2.06. The Labute approximate surface area is 146 Å². The molecule has 0 aliphatic heterocycles. The van der Waals surface area contributed by atoms with Crippen LogP contribution < -0.4 is 21.9 Å². The maximum Gasteiger partial charge on any atom is 0.0766 e. The molecule has 0 radical (unpaired) electrons. The minimum absolute atomic E-state index is 0. The van der Waals surface area contributed by atoms with Crippen molar-refractivity contribution >= 4 is 0 Å². The first-order valence-electron chi connectivity index (χ1n) is 9.56. The van der Waals surface area contributed by atoms with Gasteiger partial charge in [-0.1, -0.05) is 90.4 Å². The van der Waals surface area contributed by atoms with Gasteiger partial charge in [-0.05, 0) is 12.8 Å². The molecule has 0 fully saturated rings. The molecule has 2 heteroatoms. The Kier molecular flexibility index (Phi) is 23.1. The van der Waals surface area contributed by atoms with Crippen LogP contribution >= 0.6 is 0 Å². The van der Waals surface area contributed by atoms with Gasteiger partial charge < -0.3 is 21.9 Å². The van der Waals surface area contributed by atoms with Crippen molar-refractivity contribution in [3.63, 3.8) is 0 Å². The van der Waals surface area contributed by atoms with E-state index in [0.717, 1.165) is 0 Å². The first kappa shape index (κ1) is 23.7. The average molecular weight is 364 g/mol. The zero-order valence-corrected chi connectivity index (χ0v) is 16.8. The predicted octanol–water partition coefficient (Wildman–Crippen LogP) is 2.01. The molecule has 0 unspecified atom stereocenters. The Morgan fingerprint density at radius 1 is 0.476 bits per heavy atom. The van der Waals surface area contributed by atoms with Crippen molar-refractivity contribution in [1.82, 2.24) is 0 Å². The Bertz CT molecular complexity index is 171. The zero-order valence-electron chi connectivity index (χ0n) is 15.2. The fraction of sp³-hybridized carbons (Fsp3) is 1.00.